The highest BCUT2D eigenvalue weighted by molar-refractivity contribution is 6.08. The second-order valence-electron chi connectivity index (χ2n) is 6.38. The van der Waals surface area contributed by atoms with E-state index in [0.29, 0.717) is 16.8 Å². The quantitative estimate of drug-likeness (QED) is 0.537. The van der Waals surface area contributed by atoms with Gasteiger partial charge in [-0.3, -0.25) is 30.1 Å². The number of rotatable bonds is 3. The molecule has 28 heavy (non-hydrogen) atoms. The van der Waals surface area contributed by atoms with Gasteiger partial charge in [0.2, 0.25) is 0 Å². The van der Waals surface area contributed by atoms with Gasteiger partial charge >= 0.3 is 0 Å². The van der Waals surface area contributed by atoms with E-state index >= 15 is 0 Å². The SMILES string of the molecule is Cn1cc(C(=O)NNC(=O)c2cn(C)c3ccccc23)c(-c2ccncc2)n1. The molecule has 0 spiro atoms. The van der Waals surface area contributed by atoms with Gasteiger partial charge in [0.25, 0.3) is 11.8 Å². The van der Waals surface area contributed by atoms with Gasteiger partial charge in [-0.05, 0) is 18.2 Å². The summed E-state index contributed by atoms with van der Waals surface area (Å²) >= 11 is 0. The number of amides is 2. The van der Waals surface area contributed by atoms with Gasteiger partial charge in [-0.15, -0.1) is 0 Å². The standard InChI is InChI=1S/C20H18N6O2/c1-25-11-15(14-5-3-4-6-17(14)25)19(27)22-23-20(28)16-12-26(2)24-18(16)13-7-9-21-10-8-13/h3-12H,1-2H3,(H,22,27)(H,23,28). The lowest BCUT2D eigenvalue weighted by molar-refractivity contribution is 0.0848. The summed E-state index contributed by atoms with van der Waals surface area (Å²) in [5, 5.41) is 5.16. The Kier molecular flexibility index (Phi) is 4.36. The normalized spacial score (nSPS) is 10.8. The molecule has 0 unspecified atom stereocenters. The summed E-state index contributed by atoms with van der Waals surface area (Å²) in [6.45, 7) is 0. The van der Waals surface area contributed by atoms with Crippen LogP contribution in [0.15, 0.2) is 61.2 Å². The maximum absolute atomic E-state index is 12.7. The molecule has 0 aliphatic heterocycles. The molecule has 0 fully saturated rings. The Morgan fingerprint density at radius 1 is 0.893 bits per heavy atom. The van der Waals surface area contributed by atoms with Crippen molar-refractivity contribution in [3.63, 3.8) is 0 Å². The number of carbonyl (C=O) groups is 2. The first-order valence-electron chi connectivity index (χ1n) is 8.63. The lowest BCUT2D eigenvalue weighted by Gasteiger charge is -2.07. The van der Waals surface area contributed by atoms with Crippen LogP contribution in [0, 0.1) is 0 Å². The van der Waals surface area contributed by atoms with Crippen molar-refractivity contribution in [2.24, 2.45) is 14.1 Å². The van der Waals surface area contributed by atoms with Gasteiger partial charge in [0.15, 0.2) is 0 Å². The Morgan fingerprint density at radius 2 is 1.57 bits per heavy atom. The van der Waals surface area contributed by atoms with Gasteiger partial charge < -0.3 is 4.57 Å². The molecule has 0 aliphatic carbocycles. The Labute approximate surface area is 160 Å². The molecule has 2 amide bonds. The third kappa shape index (κ3) is 3.11. The van der Waals surface area contributed by atoms with E-state index in [0.717, 1.165) is 16.5 Å². The lowest BCUT2D eigenvalue weighted by atomic mass is 10.1. The van der Waals surface area contributed by atoms with Crippen molar-refractivity contribution in [3.8, 4) is 11.3 Å². The van der Waals surface area contributed by atoms with Gasteiger partial charge in [-0.25, -0.2) is 0 Å². The van der Waals surface area contributed by atoms with Gasteiger partial charge in [0.1, 0.15) is 5.69 Å². The van der Waals surface area contributed by atoms with Gasteiger partial charge in [-0.2, -0.15) is 5.10 Å². The Bertz CT molecular complexity index is 1180. The summed E-state index contributed by atoms with van der Waals surface area (Å²) in [7, 11) is 3.60. The van der Waals surface area contributed by atoms with E-state index < -0.39 is 5.91 Å². The van der Waals surface area contributed by atoms with E-state index in [-0.39, 0.29) is 5.91 Å². The highest BCUT2D eigenvalue weighted by Crippen LogP contribution is 2.21. The molecule has 2 N–H and O–H groups in total. The van der Waals surface area contributed by atoms with E-state index in [4.69, 9.17) is 0 Å². The number of hydrazine groups is 1. The maximum atomic E-state index is 12.7. The average molecular weight is 374 g/mol. The number of aromatic nitrogens is 4. The molecule has 8 heteroatoms. The number of para-hydroxylation sites is 1. The number of hydrogen-bond donors (Lipinski definition) is 2. The predicted octanol–water partition coefficient (Wildman–Crippen LogP) is 2.05. The Hall–Kier alpha value is -3.94. The van der Waals surface area contributed by atoms with Crippen molar-refractivity contribution >= 4 is 22.7 Å². The lowest BCUT2D eigenvalue weighted by Crippen LogP contribution is -2.41. The zero-order valence-corrected chi connectivity index (χ0v) is 15.4. The molecule has 4 rings (SSSR count). The first-order chi connectivity index (χ1) is 13.5. The third-order valence-corrected chi connectivity index (χ3v) is 4.46. The fourth-order valence-corrected chi connectivity index (χ4v) is 3.15. The molecule has 3 heterocycles. The highest BCUT2D eigenvalue weighted by Gasteiger charge is 2.19. The maximum Gasteiger partial charge on any atom is 0.273 e. The molecule has 0 radical (unpaired) electrons. The molecule has 140 valence electrons. The fraction of sp³-hybridized carbons (Fsp3) is 0.100. The van der Waals surface area contributed by atoms with Crippen LogP contribution in [-0.4, -0.2) is 31.1 Å². The summed E-state index contributed by atoms with van der Waals surface area (Å²) in [5.74, 6) is -0.840. The average Bonchev–Trinajstić information content (AvgIpc) is 3.27. The summed E-state index contributed by atoms with van der Waals surface area (Å²) in [5.41, 5.74) is 8.02. The van der Waals surface area contributed by atoms with Crippen molar-refractivity contribution in [3.05, 3.63) is 72.3 Å². The van der Waals surface area contributed by atoms with Crippen LogP contribution in [0.2, 0.25) is 0 Å². The minimum absolute atomic E-state index is 0.354. The zero-order chi connectivity index (χ0) is 19.7. The Balaban J connectivity index is 1.54. The van der Waals surface area contributed by atoms with Crippen molar-refractivity contribution in [2.45, 2.75) is 0 Å². The summed E-state index contributed by atoms with van der Waals surface area (Å²) in [6, 6.07) is 11.1. The van der Waals surface area contributed by atoms with Crippen molar-refractivity contribution < 1.29 is 9.59 Å². The van der Waals surface area contributed by atoms with E-state index in [1.807, 2.05) is 35.9 Å². The van der Waals surface area contributed by atoms with E-state index in [9.17, 15) is 9.59 Å². The number of benzene rings is 1. The number of pyridine rings is 1. The molecule has 0 atom stereocenters. The minimum atomic E-state index is -0.450. The van der Waals surface area contributed by atoms with Gasteiger partial charge in [-0.1, -0.05) is 18.2 Å². The number of carbonyl (C=O) groups excluding carboxylic acids is 2. The highest BCUT2D eigenvalue weighted by atomic mass is 16.2. The predicted molar refractivity (Wildman–Crippen MR) is 104 cm³/mol. The molecule has 3 aromatic heterocycles. The second-order valence-corrected chi connectivity index (χ2v) is 6.38. The van der Waals surface area contributed by atoms with Crippen LogP contribution in [0.25, 0.3) is 22.2 Å². The summed E-state index contributed by atoms with van der Waals surface area (Å²) < 4.78 is 3.42. The number of fused-ring (bicyclic) bond motifs is 1. The molecule has 0 saturated carbocycles. The molecule has 4 aromatic rings. The molecule has 0 bridgehead atoms. The monoisotopic (exact) mass is 374 g/mol. The first kappa shape index (κ1) is 17.5. The van der Waals surface area contributed by atoms with E-state index in [1.54, 1.807) is 48.6 Å². The third-order valence-electron chi connectivity index (χ3n) is 4.46. The van der Waals surface area contributed by atoms with Crippen LogP contribution in [0.3, 0.4) is 0 Å². The zero-order valence-electron chi connectivity index (χ0n) is 15.4. The topological polar surface area (TPSA) is 93.8 Å². The molecule has 0 saturated heterocycles. The Morgan fingerprint density at radius 3 is 2.32 bits per heavy atom. The van der Waals surface area contributed by atoms with Gasteiger partial charge in [0, 0.05) is 55.3 Å². The number of aryl methyl sites for hydroxylation is 2. The second kappa shape index (κ2) is 6.99. The van der Waals surface area contributed by atoms with Crippen LogP contribution < -0.4 is 10.9 Å². The minimum Gasteiger partial charge on any atom is -0.350 e. The van der Waals surface area contributed by atoms with Crippen molar-refractivity contribution in [2.75, 3.05) is 0 Å². The van der Waals surface area contributed by atoms with E-state index in [2.05, 4.69) is 20.9 Å². The molecule has 0 aliphatic rings. The van der Waals surface area contributed by atoms with Crippen molar-refractivity contribution in [1.29, 1.82) is 0 Å². The smallest absolute Gasteiger partial charge is 0.273 e. The van der Waals surface area contributed by atoms with Crippen LogP contribution >= 0.6 is 0 Å². The molecule has 8 nitrogen and oxygen atoms in total. The van der Waals surface area contributed by atoms with Crippen LogP contribution in [0.5, 0.6) is 0 Å². The first-order valence-corrected chi connectivity index (χ1v) is 8.63. The molecular formula is C20H18N6O2. The fourth-order valence-electron chi connectivity index (χ4n) is 3.15. The van der Waals surface area contributed by atoms with E-state index in [1.165, 1.54) is 0 Å². The summed E-state index contributed by atoms with van der Waals surface area (Å²) in [4.78, 5) is 29.2. The molecular weight excluding hydrogens is 356 g/mol. The largest absolute Gasteiger partial charge is 0.350 e. The molecule has 1 aromatic carbocycles. The number of nitrogens with one attached hydrogen (secondary N) is 2. The number of hydrogen-bond acceptors (Lipinski definition) is 4. The van der Waals surface area contributed by atoms with Crippen LogP contribution in [0.1, 0.15) is 20.7 Å². The van der Waals surface area contributed by atoms with Crippen LogP contribution in [-0.2, 0) is 14.1 Å². The summed E-state index contributed by atoms with van der Waals surface area (Å²) in [6.07, 6.45) is 6.61. The number of nitrogens with zero attached hydrogens (tertiary/aromatic N) is 4. The van der Waals surface area contributed by atoms with Gasteiger partial charge in [0.05, 0.1) is 11.1 Å². The van der Waals surface area contributed by atoms with Crippen molar-refractivity contribution in [1.82, 2.24) is 30.2 Å². The van der Waals surface area contributed by atoms with Crippen LogP contribution in [0.4, 0.5) is 0 Å².